The van der Waals surface area contributed by atoms with Gasteiger partial charge in [-0.15, -0.1) is 15.0 Å². The van der Waals surface area contributed by atoms with Crippen LogP contribution in [0.2, 0.25) is 0 Å². The number of benzene rings is 1. The number of aromatic nitrogens is 3. The fourth-order valence-electron chi connectivity index (χ4n) is 3.31. The van der Waals surface area contributed by atoms with Crippen LogP contribution in [0.25, 0.3) is 17.8 Å². The van der Waals surface area contributed by atoms with E-state index in [1.807, 2.05) is 60.8 Å². The van der Waals surface area contributed by atoms with E-state index in [1.54, 1.807) is 12.2 Å². The molecule has 2 N–H and O–H groups in total. The fraction of sp³-hybridized carbons (Fsp3) is 0.536. The summed E-state index contributed by atoms with van der Waals surface area (Å²) in [5.74, 6) is 0.149. The van der Waals surface area contributed by atoms with Crippen LogP contribution >= 0.6 is 0 Å². The molecular weight excluding hydrogens is 534 g/mol. The second-order valence-corrected chi connectivity index (χ2v) is 11.2. The summed E-state index contributed by atoms with van der Waals surface area (Å²) in [6.45, 7) is 19.2. The summed E-state index contributed by atoms with van der Waals surface area (Å²) in [4.78, 5) is 15.8. The maximum absolute atomic E-state index is 12.3. The Morgan fingerprint density at radius 2 is 1.62 bits per heavy atom. The van der Waals surface area contributed by atoms with Crippen LogP contribution < -0.4 is 5.32 Å². The highest BCUT2D eigenvalue weighted by Crippen LogP contribution is 2.36. The summed E-state index contributed by atoms with van der Waals surface area (Å²) >= 11 is 0. The van der Waals surface area contributed by atoms with Crippen LogP contribution in [-0.2, 0) is 35.4 Å². The number of hydrogen-bond donors (Lipinski definition) is 2. The van der Waals surface area contributed by atoms with Crippen molar-refractivity contribution in [1.82, 2.24) is 25.2 Å². The molecule has 11 nitrogen and oxygen atoms in total. The van der Waals surface area contributed by atoms with Crippen molar-refractivity contribution in [3.8, 4) is 11.4 Å². The summed E-state index contributed by atoms with van der Waals surface area (Å²) in [7, 11) is 2.43. The Hall–Kier alpha value is -3.06. The molecule has 40 heavy (non-hydrogen) atoms. The molecular formula is C28H47N5O6S. The number of rotatable bonds is 12. The predicted octanol–water partition coefficient (Wildman–Crippen LogP) is 4.11. The van der Waals surface area contributed by atoms with Crippen LogP contribution in [-0.4, -0.2) is 80.7 Å². The number of phenolic OH excluding ortho intramolecular Hbond substituents is 1. The van der Waals surface area contributed by atoms with Gasteiger partial charge in [0.25, 0.3) is 0 Å². The molecule has 0 saturated heterocycles. The van der Waals surface area contributed by atoms with E-state index in [4.69, 9.17) is 0 Å². The maximum Gasteiger partial charge on any atom is 0.399 e. The molecule has 2 rings (SSSR count). The second-order valence-electron chi connectivity index (χ2n) is 9.68. The van der Waals surface area contributed by atoms with E-state index in [2.05, 4.69) is 41.9 Å². The molecule has 1 heterocycles. The topological polar surface area (TPSA) is 136 Å². The van der Waals surface area contributed by atoms with Gasteiger partial charge in [0.05, 0.1) is 14.2 Å². The number of aryl methyl sites for hydroxylation is 1. The zero-order valence-corrected chi connectivity index (χ0v) is 26.3. The Bertz CT molecular complexity index is 1170. The van der Waals surface area contributed by atoms with E-state index in [1.165, 1.54) is 4.80 Å². The number of carbonyl (C=O) groups excluding carboxylic acids is 1. The zero-order chi connectivity index (χ0) is 31.1. The molecule has 2 aromatic rings. The molecule has 0 radical (unpaired) electrons. The van der Waals surface area contributed by atoms with Crippen molar-refractivity contribution >= 4 is 28.5 Å². The third-order valence-electron chi connectivity index (χ3n) is 5.38. The first-order valence-electron chi connectivity index (χ1n) is 13.1. The molecule has 0 saturated carbocycles. The summed E-state index contributed by atoms with van der Waals surface area (Å²) in [6, 6.07) is 3.80. The number of carbonyl (C=O) groups is 1. The first-order chi connectivity index (χ1) is 18.7. The average Bonchev–Trinajstić information content (AvgIpc) is 3.34. The van der Waals surface area contributed by atoms with E-state index in [0.717, 1.165) is 38.3 Å². The molecule has 1 aromatic carbocycles. The van der Waals surface area contributed by atoms with E-state index in [-0.39, 0.29) is 17.1 Å². The van der Waals surface area contributed by atoms with E-state index >= 15 is 0 Å². The molecule has 0 unspecified atom stereocenters. The van der Waals surface area contributed by atoms with Crippen molar-refractivity contribution in [3.63, 3.8) is 0 Å². The number of aromatic hydroxyl groups is 1. The van der Waals surface area contributed by atoms with Gasteiger partial charge in [0.2, 0.25) is 5.91 Å². The highest BCUT2D eigenvalue weighted by atomic mass is 32.3. The van der Waals surface area contributed by atoms with E-state index < -0.39 is 10.4 Å². The van der Waals surface area contributed by atoms with Gasteiger partial charge in [0.1, 0.15) is 22.8 Å². The molecule has 0 aliphatic carbocycles. The fourth-order valence-corrected chi connectivity index (χ4v) is 3.45. The third kappa shape index (κ3) is 12.4. The normalized spacial score (nSPS) is 11.2. The van der Waals surface area contributed by atoms with Crippen molar-refractivity contribution in [2.24, 2.45) is 0 Å². The summed E-state index contributed by atoms with van der Waals surface area (Å²) in [6.07, 6.45) is 5.05. The Labute approximate surface area is 240 Å². The lowest BCUT2D eigenvalue weighted by Crippen LogP contribution is -2.27. The van der Waals surface area contributed by atoms with Gasteiger partial charge in [-0.1, -0.05) is 53.8 Å². The van der Waals surface area contributed by atoms with Crippen LogP contribution in [0.15, 0.2) is 25.3 Å². The smallest absolute Gasteiger partial charge is 0.399 e. The molecule has 0 bridgehead atoms. The van der Waals surface area contributed by atoms with Crippen molar-refractivity contribution in [3.05, 3.63) is 47.8 Å². The second kappa shape index (κ2) is 17.6. The monoisotopic (exact) mass is 581 g/mol. The van der Waals surface area contributed by atoms with Crippen LogP contribution in [0.4, 0.5) is 0 Å². The molecule has 1 aromatic heterocycles. The van der Waals surface area contributed by atoms with Crippen molar-refractivity contribution in [2.75, 3.05) is 41.4 Å². The molecule has 0 spiro atoms. The third-order valence-corrected chi connectivity index (χ3v) is 6.20. The number of hydrogen-bond acceptors (Lipinski definition) is 9. The van der Waals surface area contributed by atoms with Crippen LogP contribution in [0.3, 0.4) is 0 Å². The van der Waals surface area contributed by atoms with Crippen molar-refractivity contribution in [2.45, 2.75) is 59.3 Å². The van der Waals surface area contributed by atoms with Gasteiger partial charge in [-0.3, -0.25) is 13.2 Å². The molecule has 12 heteroatoms. The first kappa shape index (κ1) is 36.9. The van der Waals surface area contributed by atoms with Gasteiger partial charge in [0, 0.05) is 18.5 Å². The highest BCUT2D eigenvalue weighted by Gasteiger charge is 2.23. The number of amides is 1. The van der Waals surface area contributed by atoms with Crippen molar-refractivity contribution < 1.29 is 26.7 Å². The van der Waals surface area contributed by atoms with Gasteiger partial charge < -0.3 is 15.3 Å². The van der Waals surface area contributed by atoms with Gasteiger partial charge >= 0.3 is 10.4 Å². The Morgan fingerprint density at radius 3 is 2.02 bits per heavy atom. The van der Waals surface area contributed by atoms with Gasteiger partial charge in [-0.2, -0.15) is 8.42 Å². The lowest BCUT2D eigenvalue weighted by molar-refractivity contribution is -0.121. The van der Waals surface area contributed by atoms with Crippen LogP contribution in [0, 0.1) is 0 Å². The van der Waals surface area contributed by atoms with Crippen LogP contribution in [0.1, 0.15) is 70.0 Å². The summed E-state index contributed by atoms with van der Waals surface area (Å²) in [5, 5.41) is 22.8. The minimum Gasteiger partial charge on any atom is -0.505 e. The Balaban J connectivity index is 0.00000147. The number of nitrogens with one attached hydrogen (secondary N) is 1. The molecule has 0 aliphatic heterocycles. The predicted molar refractivity (Wildman–Crippen MR) is 161 cm³/mol. The lowest BCUT2D eigenvalue weighted by atomic mass is 9.84. The quantitative estimate of drug-likeness (QED) is 0.355. The average molecular weight is 582 g/mol. The molecule has 226 valence electrons. The minimum atomic E-state index is -3.66. The Kier molecular flexibility index (Phi) is 16.2. The molecule has 0 atom stereocenters. The minimum absolute atomic E-state index is 0.0193. The summed E-state index contributed by atoms with van der Waals surface area (Å²) < 4.78 is 27.5. The van der Waals surface area contributed by atoms with Crippen molar-refractivity contribution in [1.29, 1.82) is 0 Å². The molecule has 1 amide bonds. The zero-order valence-electron chi connectivity index (χ0n) is 25.4. The number of phenols is 1. The van der Waals surface area contributed by atoms with Gasteiger partial charge in [-0.05, 0) is 62.7 Å². The first-order valence-corrected chi connectivity index (χ1v) is 14.4. The van der Waals surface area contributed by atoms with E-state index in [9.17, 15) is 18.3 Å². The van der Waals surface area contributed by atoms with Crippen LogP contribution in [0.5, 0.6) is 5.75 Å². The molecule has 0 fully saturated rings. The standard InChI is InChI=1S/C24H35N5O2.C2H6O4S.C2H6/c1-8-19-20(9-2)27-29(26-19)21-16-17(15-18(23(21)31)24(3,4)5)11-12-22(30)25-13-10-14-28(6)7;1-5-7(3,4)6-2;1-2/h8-9,15-16,31H,1-2,10-14H2,3-7H3,(H,25,30);1-2H3;1-2H3. The lowest BCUT2D eigenvalue weighted by Gasteiger charge is -2.23. The SMILES string of the molecule is C=Cc1nn(-c2cc(CCC(=O)NCCCN(C)C)cc(C(C)(C)C)c2O)nc1C=C.CC.COS(=O)(=O)OC. The van der Waals surface area contributed by atoms with E-state index in [0.29, 0.717) is 36.5 Å². The summed E-state index contributed by atoms with van der Waals surface area (Å²) in [5.41, 5.74) is 3.09. The molecule has 0 aliphatic rings. The van der Waals surface area contributed by atoms with Gasteiger partial charge in [-0.25, -0.2) is 0 Å². The van der Waals surface area contributed by atoms with Gasteiger partial charge in [0.15, 0.2) is 0 Å². The highest BCUT2D eigenvalue weighted by molar-refractivity contribution is 7.81. The number of nitrogens with zero attached hydrogens (tertiary/aromatic N) is 4. The largest absolute Gasteiger partial charge is 0.505 e. The maximum atomic E-state index is 12.3. The Morgan fingerprint density at radius 1 is 1.10 bits per heavy atom.